The van der Waals surface area contributed by atoms with Crippen LogP contribution in [0.2, 0.25) is 0 Å². The Kier molecular flexibility index (Phi) is 7.27. The molecule has 0 saturated heterocycles. The van der Waals surface area contributed by atoms with Gasteiger partial charge in [0.15, 0.2) is 5.60 Å². The van der Waals surface area contributed by atoms with Gasteiger partial charge in [0.2, 0.25) is 0 Å². The maximum atomic E-state index is 10.3. The quantitative estimate of drug-likeness (QED) is 0.538. The summed E-state index contributed by atoms with van der Waals surface area (Å²) in [4.78, 5) is 37.2. The fourth-order valence-electron chi connectivity index (χ4n) is 3.04. The predicted octanol–water partition coefficient (Wildman–Crippen LogP) is 2.00. The Morgan fingerprint density at radius 3 is 2.20 bits per heavy atom. The molecule has 0 saturated carbocycles. The van der Waals surface area contributed by atoms with Crippen LogP contribution in [0.4, 0.5) is 5.69 Å². The molecule has 4 N–H and O–H groups in total. The minimum Gasteiger partial charge on any atom is -0.481 e. The summed E-state index contributed by atoms with van der Waals surface area (Å²) in [5.74, 6) is -4.05. The van der Waals surface area contributed by atoms with E-state index in [-0.39, 0.29) is 0 Å². The van der Waals surface area contributed by atoms with E-state index in [2.05, 4.69) is 58.9 Å². The van der Waals surface area contributed by atoms with E-state index in [0.717, 1.165) is 18.9 Å². The highest BCUT2D eigenvalue weighted by atomic mass is 16.4. The highest BCUT2D eigenvalue weighted by Gasteiger charge is 2.40. The summed E-state index contributed by atoms with van der Waals surface area (Å²) in [5, 5.41) is 36.3. The smallest absolute Gasteiger partial charge is 0.336 e. The van der Waals surface area contributed by atoms with E-state index in [9.17, 15) is 14.4 Å². The number of fused-ring (bicyclic) bond motifs is 1. The molecule has 0 bridgehead atoms. The van der Waals surface area contributed by atoms with Gasteiger partial charge < -0.3 is 25.3 Å². The molecule has 0 aliphatic carbocycles. The van der Waals surface area contributed by atoms with Crippen molar-refractivity contribution in [3.05, 3.63) is 55.1 Å². The summed E-state index contributed by atoms with van der Waals surface area (Å²) in [6, 6.07) is 14.8. The lowest BCUT2D eigenvalue weighted by Gasteiger charge is -2.20. The highest BCUT2D eigenvalue weighted by molar-refractivity contribution is 6.11. The van der Waals surface area contributed by atoms with Crippen LogP contribution >= 0.6 is 0 Å². The Labute approximate surface area is 172 Å². The molecule has 1 aliphatic rings. The Morgan fingerprint density at radius 1 is 1.03 bits per heavy atom. The molecule has 0 spiro atoms. The van der Waals surface area contributed by atoms with Crippen molar-refractivity contribution in [2.45, 2.75) is 18.4 Å². The molecule has 9 nitrogen and oxygen atoms in total. The summed E-state index contributed by atoms with van der Waals surface area (Å²) >= 11 is 0. The summed E-state index contributed by atoms with van der Waals surface area (Å²) in [5.41, 5.74) is -1.52. The molecule has 1 aliphatic heterocycles. The number of anilines is 1. The molecule has 0 atom stereocenters. The monoisotopic (exact) mass is 414 g/mol. The zero-order valence-electron chi connectivity index (χ0n) is 16.1. The molecule has 30 heavy (non-hydrogen) atoms. The number of amidine groups is 1. The number of carboxylic acid groups (broad SMARTS) is 3. The third-order valence-corrected chi connectivity index (χ3v) is 4.40. The van der Waals surface area contributed by atoms with Crippen LogP contribution in [0, 0.1) is 0 Å². The number of nitrogens with zero attached hydrogens (tertiary/aromatic N) is 2. The average molecular weight is 414 g/mol. The Balaban J connectivity index is 0.000000224. The molecule has 9 heteroatoms. The predicted molar refractivity (Wildman–Crippen MR) is 111 cm³/mol. The van der Waals surface area contributed by atoms with Crippen LogP contribution in [0.25, 0.3) is 10.8 Å². The molecular formula is C21H22N2O7. The summed E-state index contributed by atoms with van der Waals surface area (Å²) in [7, 11) is 0. The first-order valence-corrected chi connectivity index (χ1v) is 8.99. The highest BCUT2D eigenvalue weighted by Crippen LogP contribution is 2.28. The van der Waals surface area contributed by atoms with Crippen molar-refractivity contribution in [2.75, 3.05) is 18.0 Å². The van der Waals surface area contributed by atoms with E-state index in [1.54, 1.807) is 0 Å². The number of aliphatic hydroxyl groups is 1. The van der Waals surface area contributed by atoms with Crippen LogP contribution in [0.15, 0.2) is 60.1 Å². The zero-order valence-corrected chi connectivity index (χ0v) is 16.1. The Morgan fingerprint density at radius 2 is 1.63 bits per heavy atom. The van der Waals surface area contributed by atoms with E-state index >= 15 is 0 Å². The van der Waals surface area contributed by atoms with Crippen molar-refractivity contribution >= 4 is 40.2 Å². The van der Waals surface area contributed by atoms with Crippen molar-refractivity contribution < 1.29 is 34.8 Å². The normalized spacial score (nSPS) is 13.2. The Bertz CT molecular complexity index is 979. The molecule has 2 aromatic rings. The maximum absolute atomic E-state index is 10.3. The fraction of sp³-hybridized carbons (Fsp3) is 0.238. The minimum absolute atomic E-state index is 0.852. The minimum atomic E-state index is -2.74. The van der Waals surface area contributed by atoms with Gasteiger partial charge >= 0.3 is 17.9 Å². The lowest BCUT2D eigenvalue weighted by atomic mass is 9.96. The number of carboxylic acids is 3. The summed E-state index contributed by atoms with van der Waals surface area (Å²) in [6.45, 7) is 5.62. The van der Waals surface area contributed by atoms with Crippen LogP contribution in [-0.2, 0) is 14.4 Å². The summed E-state index contributed by atoms with van der Waals surface area (Å²) in [6.07, 6.45) is -0.460. The standard InChI is InChI=1S/C15H14N2.C6H8O7/c1-2-15-16-10-11-17(15)14-9-5-7-12-6-3-4-8-13(12)14;7-3(8)1-6(13,5(11)12)2-4(9)10/h2-9H,1,10-11H2;13H,1-2H2,(H,7,8)(H,9,10)(H,11,12). The van der Waals surface area contributed by atoms with Gasteiger partial charge in [-0.05, 0) is 17.5 Å². The lowest BCUT2D eigenvalue weighted by Crippen LogP contribution is -2.42. The van der Waals surface area contributed by atoms with Gasteiger partial charge in [0.05, 0.1) is 25.1 Å². The molecule has 3 rings (SSSR count). The maximum Gasteiger partial charge on any atom is 0.336 e. The van der Waals surface area contributed by atoms with E-state index in [0.29, 0.717) is 0 Å². The van der Waals surface area contributed by atoms with Gasteiger partial charge in [-0.15, -0.1) is 0 Å². The van der Waals surface area contributed by atoms with Gasteiger partial charge in [0, 0.05) is 11.9 Å². The van der Waals surface area contributed by atoms with Gasteiger partial charge in [0.25, 0.3) is 0 Å². The number of hydrogen-bond acceptors (Lipinski definition) is 6. The molecule has 1 heterocycles. The average Bonchev–Trinajstić information content (AvgIpc) is 3.15. The summed E-state index contributed by atoms with van der Waals surface area (Å²) < 4.78 is 0. The molecule has 0 radical (unpaired) electrons. The van der Waals surface area contributed by atoms with Crippen molar-refractivity contribution in [3.8, 4) is 0 Å². The van der Waals surface area contributed by atoms with Crippen LogP contribution in [-0.4, -0.2) is 62.9 Å². The largest absolute Gasteiger partial charge is 0.481 e. The van der Waals surface area contributed by atoms with Gasteiger partial charge in [0.1, 0.15) is 5.84 Å². The molecular weight excluding hydrogens is 392 g/mol. The van der Waals surface area contributed by atoms with E-state index in [4.69, 9.17) is 20.4 Å². The van der Waals surface area contributed by atoms with Crippen molar-refractivity contribution in [1.82, 2.24) is 0 Å². The number of aliphatic imine (C=N–C) groups is 1. The third-order valence-electron chi connectivity index (χ3n) is 4.40. The first kappa shape index (κ1) is 22.6. The topological polar surface area (TPSA) is 148 Å². The van der Waals surface area contributed by atoms with Crippen LogP contribution < -0.4 is 4.90 Å². The number of carbonyl (C=O) groups is 3. The van der Waals surface area contributed by atoms with Crippen LogP contribution in [0.1, 0.15) is 12.8 Å². The van der Waals surface area contributed by atoms with Crippen LogP contribution in [0.5, 0.6) is 0 Å². The van der Waals surface area contributed by atoms with Crippen molar-refractivity contribution in [2.24, 2.45) is 4.99 Å². The van der Waals surface area contributed by atoms with E-state index in [1.807, 2.05) is 6.08 Å². The van der Waals surface area contributed by atoms with Crippen LogP contribution in [0.3, 0.4) is 0 Å². The second kappa shape index (κ2) is 9.66. The first-order chi connectivity index (χ1) is 14.2. The van der Waals surface area contributed by atoms with Gasteiger partial charge in [-0.1, -0.05) is 43.0 Å². The fourth-order valence-corrected chi connectivity index (χ4v) is 3.04. The number of benzene rings is 2. The molecule has 158 valence electrons. The number of aliphatic carboxylic acids is 3. The second-order valence-electron chi connectivity index (χ2n) is 6.57. The van der Waals surface area contributed by atoms with Gasteiger partial charge in [-0.3, -0.25) is 14.6 Å². The third kappa shape index (κ3) is 5.42. The van der Waals surface area contributed by atoms with E-state index < -0.39 is 36.4 Å². The Hall–Kier alpha value is -3.72. The molecule has 0 aromatic heterocycles. The van der Waals surface area contributed by atoms with Gasteiger partial charge in [-0.2, -0.15) is 0 Å². The zero-order chi connectivity index (χ0) is 22.3. The SMILES string of the molecule is C=CC1=NCCN1c1cccc2ccccc12.O=C(O)CC(O)(CC(=O)O)C(=O)O. The van der Waals surface area contributed by atoms with Crippen molar-refractivity contribution in [1.29, 1.82) is 0 Å². The van der Waals surface area contributed by atoms with Gasteiger partial charge in [-0.25, -0.2) is 4.79 Å². The van der Waals surface area contributed by atoms with E-state index in [1.165, 1.54) is 16.5 Å². The van der Waals surface area contributed by atoms with Crippen molar-refractivity contribution in [3.63, 3.8) is 0 Å². The second-order valence-corrected chi connectivity index (χ2v) is 6.57. The molecule has 0 unspecified atom stereocenters. The molecule has 0 fully saturated rings. The lowest BCUT2D eigenvalue weighted by molar-refractivity contribution is -0.170. The molecule has 0 amide bonds. The first-order valence-electron chi connectivity index (χ1n) is 8.99. The number of rotatable bonds is 7. The number of hydrogen-bond donors (Lipinski definition) is 4. The molecule has 2 aromatic carbocycles.